The molecule has 0 aliphatic carbocycles. The summed E-state index contributed by atoms with van der Waals surface area (Å²) in [4.78, 5) is 4.44. The third-order valence-electron chi connectivity index (χ3n) is 5.19. The van der Waals surface area contributed by atoms with Crippen LogP contribution in [0.4, 0.5) is 18.9 Å². The van der Waals surface area contributed by atoms with E-state index in [-0.39, 0.29) is 12.4 Å². The fourth-order valence-electron chi connectivity index (χ4n) is 3.61. The van der Waals surface area contributed by atoms with E-state index < -0.39 is 11.7 Å². The first kappa shape index (κ1) is 24.6. The highest BCUT2D eigenvalue weighted by Crippen LogP contribution is 2.30. The highest BCUT2D eigenvalue weighted by Gasteiger charge is 2.30. The minimum atomic E-state index is -4.34. The molecule has 4 aromatic rings. The van der Waals surface area contributed by atoms with Gasteiger partial charge in [-0.3, -0.25) is 4.98 Å². The molecule has 2 N–H and O–H groups in total. The van der Waals surface area contributed by atoms with Crippen molar-refractivity contribution in [3.8, 4) is 0 Å². The Morgan fingerprint density at radius 3 is 2.55 bits per heavy atom. The second kappa shape index (κ2) is 11.2. The van der Waals surface area contributed by atoms with Crippen LogP contribution in [0.1, 0.15) is 28.9 Å². The van der Waals surface area contributed by atoms with Crippen molar-refractivity contribution in [3.05, 3.63) is 95.6 Å². The second-order valence-corrected chi connectivity index (χ2v) is 7.62. The number of furan rings is 1. The van der Waals surface area contributed by atoms with Gasteiger partial charge in [0.25, 0.3) is 0 Å². The van der Waals surface area contributed by atoms with Crippen LogP contribution >= 0.6 is 12.4 Å². The molecule has 4 rings (SSSR count). The first-order valence-electron chi connectivity index (χ1n) is 10.5. The molecule has 0 saturated heterocycles. The number of hydrogen-bond donors (Lipinski definition) is 2. The molecule has 0 amide bonds. The number of halogens is 4. The molecular weight excluding hydrogens is 451 g/mol. The molecule has 0 aliphatic rings. The Balaban J connectivity index is 0.00000306. The van der Waals surface area contributed by atoms with Gasteiger partial charge < -0.3 is 15.1 Å². The number of alkyl halides is 3. The van der Waals surface area contributed by atoms with Gasteiger partial charge in [0.05, 0.1) is 23.9 Å². The molecule has 0 unspecified atom stereocenters. The van der Waals surface area contributed by atoms with Gasteiger partial charge in [0, 0.05) is 23.8 Å². The van der Waals surface area contributed by atoms with E-state index in [0.29, 0.717) is 18.5 Å². The molecule has 0 fully saturated rings. The maximum absolute atomic E-state index is 13.0. The van der Waals surface area contributed by atoms with E-state index in [1.807, 2.05) is 36.4 Å². The van der Waals surface area contributed by atoms with Crippen molar-refractivity contribution in [1.82, 2.24) is 10.3 Å². The van der Waals surface area contributed by atoms with Gasteiger partial charge in [-0.2, -0.15) is 13.2 Å². The summed E-state index contributed by atoms with van der Waals surface area (Å²) in [5, 5.41) is 7.77. The maximum Gasteiger partial charge on any atom is 0.416 e. The summed E-state index contributed by atoms with van der Waals surface area (Å²) in [5.41, 5.74) is 2.72. The Kier molecular flexibility index (Phi) is 8.36. The second-order valence-electron chi connectivity index (χ2n) is 7.62. The third kappa shape index (κ3) is 6.73. The molecule has 0 bridgehead atoms. The average molecular weight is 476 g/mol. The van der Waals surface area contributed by atoms with Crippen LogP contribution < -0.4 is 10.6 Å². The molecule has 2 aromatic carbocycles. The van der Waals surface area contributed by atoms with Crippen molar-refractivity contribution < 1.29 is 17.6 Å². The van der Waals surface area contributed by atoms with Crippen molar-refractivity contribution >= 4 is 29.0 Å². The normalized spacial score (nSPS) is 11.4. The van der Waals surface area contributed by atoms with Crippen LogP contribution in [-0.2, 0) is 19.1 Å². The van der Waals surface area contributed by atoms with E-state index in [2.05, 4.69) is 15.6 Å². The Bertz CT molecular complexity index is 1160. The molecule has 174 valence electrons. The summed E-state index contributed by atoms with van der Waals surface area (Å²) >= 11 is 0. The number of anilines is 1. The molecule has 4 nitrogen and oxygen atoms in total. The van der Waals surface area contributed by atoms with Crippen LogP contribution in [0.3, 0.4) is 0 Å². The Hall–Kier alpha value is -3.03. The van der Waals surface area contributed by atoms with Crippen LogP contribution in [0.5, 0.6) is 0 Å². The van der Waals surface area contributed by atoms with Crippen molar-refractivity contribution in [2.75, 3.05) is 18.4 Å². The van der Waals surface area contributed by atoms with E-state index in [1.54, 1.807) is 18.5 Å². The lowest BCUT2D eigenvalue weighted by Crippen LogP contribution is -2.17. The molecule has 0 radical (unpaired) electrons. The van der Waals surface area contributed by atoms with Gasteiger partial charge in [0.2, 0.25) is 0 Å². The average Bonchev–Trinajstić information content (AvgIpc) is 3.29. The van der Waals surface area contributed by atoms with E-state index in [0.717, 1.165) is 53.5 Å². The summed E-state index contributed by atoms with van der Waals surface area (Å²) in [5.74, 6) is 0.916. The molecule has 2 aromatic heterocycles. The lowest BCUT2D eigenvalue weighted by Gasteiger charge is -2.12. The number of rotatable bonds is 9. The zero-order valence-electron chi connectivity index (χ0n) is 17.9. The Labute approximate surface area is 196 Å². The molecule has 0 spiro atoms. The van der Waals surface area contributed by atoms with Crippen LogP contribution in [0.15, 0.2) is 77.5 Å². The van der Waals surface area contributed by atoms with Crippen LogP contribution in [0, 0.1) is 0 Å². The summed E-state index contributed by atoms with van der Waals surface area (Å²) in [6.07, 6.45) is 0.431. The van der Waals surface area contributed by atoms with Crippen molar-refractivity contribution in [2.45, 2.75) is 25.6 Å². The summed E-state index contributed by atoms with van der Waals surface area (Å²) in [6.45, 7) is 2.37. The van der Waals surface area contributed by atoms with Gasteiger partial charge in [0.15, 0.2) is 0 Å². The highest BCUT2D eigenvalue weighted by atomic mass is 35.5. The standard InChI is InChI=1S/C25H24F3N3O.ClH/c26-25(27,28)20-5-1-4-18(15-20)14-19-7-8-22-23(9-12-31-24(22)16-19)30-11-3-10-29-17-21-6-2-13-32-21;/h1-2,4-9,12-13,15-16,29H,3,10-11,14,17H2,(H,30,31);1H. The summed E-state index contributed by atoms with van der Waals surface area (Å²) < 4.78 is 44.2. The van der Waals surface area contributed by atoms with Crippen molar-refractivity contribution in [1.29, 1.82) is 0 Å². The lowest BCUT2D eigenvalue weighted by molar-refractivity contribution is -0.137. The first-order chi connectivity index (χ1) is 15.5. The molecule has 0 atom stereocenters. The Morgan fingerprint density at radius 1 is 0.909 bits per heavy atom. The number of nitrogens with one attached hydrogen (secondary N) is 2. The number of nitrogens with zero attached hydrogens (tertiary/aromatic N) is 1. The van der Waals surface area contributed by atoms with Gasteiger partial charge in [-0.1, -0.05) is 30.3 Å². The number of aromatic nitrogens is 1. The zero-order chi connectivity index (χ0) is 22.4. The fourth-order valence-corrected chi connectivity index (χ4v) is 3.61. The van der Waals surface area contributed by atoms with Crippen molar-refractivity contribution in [3.63, 3.8) is 0 Å². The van der Waals surface area contributed by atoms with Gasteiger partial charge in [0.1, 0.15) is 5.76 Å². The molecule has 0 saturated carbocycles. The maximum atomic E-state index is 13.0. The zero-order valence-corrected chi connectivity index (χ0v) is 18.7. The van der Waals surface area contributed by atoms with E-state index in [1.165, 1.54) is 12.1 Å². The minimum absolute atomic E-state index is 0. The van der Waals surface area contributed by atoms with Crippen LogP contribution in [0.25, 0.3) is 10.9 Å². The van der Waals surface area contributed by atoms with Gasteiger partial charge >= 0.3 is 6.18 Å². The minimum Gasteiger partial charge on any atom is -0.468 e. The number of fused-ring (bicyclic) bond motifs is 1. The van der Waals surface area contributed by atoms with Gasteiger partial charge in [-0.15, -0.1) is 12.4 Å². The third-order valence-corrected chi connectivity index (χ3v) is 5.19. The Morgan fingerprint density at radius 2 is 1.76 bits per heavy atom. The molecule has 33 heavy (non-hydrogen) atoms. The summed E-state index contributed by atoms with van der Waals surface area (Å²) in [6, 6.07) is 17.1. The molecule has 2 heterocycles. The molecule has 0 aliphatic heterocycles. The number of hydrogen-bond acceptors (Lipinski definition) is 4. The highest BCUT2D eigenvalue weighted by molar-refractivity contribution is 5.91. The monoisotopic (exact) mass is 475 g/mol. The van der Waals surface area contributed by atoms with Crippen molar-refractivity contribution in [2.24, 2.45) is 0 Å². The van der Waals surface area contributed by atoms with Gasteiger partial charge in [-0.25, -0.2) is 0 Å². The first-order valence-corrected chi connectivity index (χ1v) is 10.5. The predicted octanol–water partition coefficient (Wildman–Crippen LogP) is 6.45. The fraction of sp³-hybridized carbons (Fsp3) is 0.240. The van der Waals surface area contributed by atoms with Crippen LogP contribution in [0.2, 0.25) is 0 Å². The largest absolute Gasteiger partial charge is 0.468 e. The smallest absolute Gasteiger partial charge is 0.416 e. The van der Waals surface area contributed by atoms with E-state index in [9.17, 15) is 13.2 Å². The van der Waals surface area contributed by atoms with Crippen LogP contribution in [-0.4, -0.2) is 18.1 Å². The SMILES string of the molecule is Cl.FC(F)(F)c1cccc(Cc2ccc3c(NCCCNCc4ccco4)ccnc3c2)c1. The topological polar surface area (TPSA) is 50.1 Å². The van der Waals surface area contributed by atoms with E-state index in [4.69, 9.17) is 4.42 Å². The number of pyridine rings is 1. The van der Waals surface area contributed by atoms with Gasteiger partial charge in [-0.05, 0) is 60.8 Å². The number of benzene rings is 2. The quantitative estimate of drug-likeness (QED) is 0.273. The summed E-state index contributed by atoms with van der Waals surface area (Å²) in [7, 11) is 0. The molecule has 8 heteroatoms. The lowest BCUT2D eigenvalue weighted by atomic mass is 10.0. The van der Waals surface area contributed by atoms with E-state index >= 15 is 0 Å². The predicted molar refractivity (Wildman–Crippen MR) is 127 cm³/mol. The molecular formula is C25H25ClF3N3O.